The molecule has 2 fully saturated rings. The van der Waals surface area contributed by atoms with Crippen molar-refractivity contribution in [1.82, 2.24) is 20.4 Å². The summed E-state index contributed by atoms with van der Waals surface area (Å²) >= 11 is 0. The van der Waals surface area contributed by atoms with Gasteiger partial charge in [-0.05, 0) is 30.0 Å². The van der Waals surface area contributed by atoms with Crippen LogP contribution in [-0.4, -0.2) is 40.6 Å². The number of benzene rings is 2. The summed E-state index contributed by atoms with van der Waals surface area (Å²) in [6.07, 6.45) is 0. The van der Waals surface area contributed by atoms with Gasteiger partial charge in [-0.25, -0.2) is 0 Å². The van der Waals surface area contributed by atoms with Crippen LogP contribution in [0.3, 0.4) is 0 Å². The van der Waals surface area contributed by atoms with Gasteiger partial charge in [0.05, 0.1) is 11.6 Å². The lowest BCUT2D eigenvalue weighted by molar-refractivity contribution is 0.0709. The van der Waals surface area contributed by atoms with E-state index < -0.39 is 0 Å². The molecule has 0 spiro atoms. The molecule has 3 heterocycles. The number of carbonyl (C=O) groups is 1. The minimum absolute atomic E-state index is 0.0325. The van der Waals surface area contributed by atoms with Crippen LogP contribution in [0.5, 0.6) is 0 Å². The van der Waals surface area contributed by atoms with Crippen molar-refractivity contribution in [2.75, 3.05) is 19.6 Å². The van der Waals surface area contributed by atoms with Crippen molar-refractivity contribution in [3.05, 3.63) is 65.4 Å². The zero-order valence-electron chi connectivity index (χ0n) is 14.8. The first-order chi connectivity index (χ1) is 12.7. The van der Waals surface area contributed by atoms with E-state index in [1.807, 2.05) is 24.3 Å². The Hall–Kier alpha value is -2.66. The number of para-hydroxylation sites is 1. The molecule has 2 saturated heterocycles. The van der Waals surface area contributed by atoms with Crippen molar-refractivity contribution < 1.29 is 4.79 Å². The largest absolute Gasteiger partial charge is 0.329 e. The fourth-order valence-electron chi connectivity index (χ4n) is 4.71. The maximum absolute atomic E-state index is 13.5. The number of carbonyl (C=O) groups excluding carboxylic acids is 1. The Balaban J connectivity index is 1.58. The average Bonchev–Trinajstić information content (AvgIpc) is 3.36. The van der Waals surface area contributed by atoms with Crippen molar-refractivity contribution >= 4 is 16.8 Å². The first-order valence-corrected chi connectivity index (χ1v) is 9.24. The highest BCUT2D eigenvalue weighted by Gasteiger charge is 2.47. The number of hydrogen-bond donors (Lipinski definition) is 2. The third-order valence-electron chi connectivity index (χ3n) is 6.01. The standard InChI is InChI=1S/C21H22N4O/c1-13-6-2-3-7-15(13)20-17-11-22-10-14(17)12-25(20)21(26)19-16-8-4-5-9-18(16)23-24-19/h2-9,14,17,20,22H,10-12H2,1H3,(H,23,24)/t14-,17-,20+/m0/s1. The Morgan fingerprint density at radius 3 is 2.81 bits per heavy atom. The molecule has 5 heteroatoms. The van der Waals surface area contributed by atoms with Crippen molar-refractivity contribution in [3.63, 3.8) is 0 Å². The summed E-state index contributed by atoms with van der Waals surface area (Å²) in [5.41, 5.74) is 3.95. The van der Waals surface area contributed by atoms with Gasteiger partial charge in [0, 0.05) is 30.9 Å². The van der Waals surface area contributed by atoms with Crippen LogP contribution in [-0.2, 0) is 0 Å². The van der Waals surface area contributed by atoms with Crippen molar-refractivity contribution in [2.45, 2.75) is 13.0 Å². The van der Waals surface area contributed by atoms with Gasteiger partial charge in [-0.3, -0.25) is 9.89 Å². The average molecular weight is 346 g/mol. The molecule has 0 aliphatic carbocycles. The summed E-state index contributed by atoms with van der Waals surface area (Å²) in [4.78, 5) is 15.5. The number of H-pyrrole nitrogens is 1. The van der Waals surface area contributed by atoms with E-state index in [4.69, 9.17) is 0 Å². The van der Waals surface area contributed by atoms with Crippen LogP contribution in [0.4, 0.5) is 0 Å². The highest BCUT2D eigenvalue weighted by molar-refractivity contribution is 6.04. The maximum Gasteiger partial charge on any atom is 0.275 e. The first-order valence-electron chi connectivity index (χ1n) is 9.24. The summed E-state index contributed by atoms with van der Waals surface area (Å²) in [6.45, 7) is 4.88. The van der Waals surface area contributed by atoms with E-state index in [1.54, 1.807) is 0 Å². The molecule has 0 radical (unpaired) electrons. The minimum atomic E-state index is 0.0325. The highest BCUT2D eigenvalue weighted by atomic mass is 16.2. The lowest BCUT2D eigenvalue weighted by Gasteiger charge is -2.29. The van der Waals surface area contributed by atoms with Gasteiger partial charge in [0.1, 0.15) is 0 Å². The zero-order chi connectivity index (χ0) is 17.7. The number of amides is 1. The molecule has 2 aliphatic rings. The summed E-state index contributed by atoms with van der Waals surface area (Å²) in [7, 11) is 0. The number of aromatic amines is 1. The third-order valence-corrected chi connectivity index (χ3v) is 6.01. The highest BCUT2D eigenvalue weighted by Crippen LogP contribution is 2.44. The van der Waals surface area contributed by atoms with Crippen LogP contribution in [0.1, 0.15) is 27.7 Å². The molecule has 26 heavy (non-hydrogen) atoms. The van der Waals surface area contributed by atoms with Crippen LogP contribution < -0.4 is 5.32 Å². The second-order valence-corrected chi connectivity index (χ2v) is 7.46. The molecule has 5 nitrogen and oxygen atoms in total. The molecule has 2 N–H and O–H groups in total. The monoisotopic (exact) mass is 346 g/mol. The number of rotatable bonds is 2. The van der Waals surface area contributed by atoms with E-state index >= 15 is 0 Å². The Labute approximate surface area is 152 Å². The lowest BCUT2D eigenvalue weighted by atomic mass is 9.87. The van der Waals surface area contributed by atoms with Crippen LogP contribution >= 0.6 is 0 Å². The number of aryl methyl sites for hydroxylation is 1. The molecular formula is C21H22N4O. The Kier molecular flexibility index (Phi) is 3.57. The van der Waals surface area contributed by atoms with E-state index in [1.165, 1.54) is 11.1 Å². The predicted molar refractivity (Wildman–Crippen MR) is 101 cm³/mol. The number of fused-ring (bicyclic) bond motifs is 2. The molecule has 2 aliphatic heterocycles. The van der Waals surface area contributed by atoms with Crippen LogP contribution in [0, 0.1) is 18.8 Å². The maximum atomic E-state index is 13.5. The molecule has 0 bridgehead atoms. The lowest BCUT2D eigenvalue weighted by Crippen LogP contribution is -2.35. The summed E-state index contributed by atoms with van der Waals surface area (Å²) < 4.78 is 0. The normalized spacial score (nSPS) is 25.0. The molecule has 1 amide bonds. The second-order valence-electron chi connectivity index (χ2n) is 7.46. The van der Waals surface area contributed by atoms with Gasteiger partial charge < -0.3 is 10.2 Å². The number of aromatic nitrogens is 2. The fraction of sp³-hybridized carbons (Fsp3) is 0.333. The fourth-order valence-corrected chi connectivity index (χ4v) is 4.71. The van der Waals surface area contributed by atoms with Gasteiger partial charge in [-0.1, -0.05) is 42.5 Å². The summed E-state index contributed by atoms with van der Waals surface area (Å²) in [6, 6.07) is 16.4. The number of nitrogens with one attached hydrogen (secondary N) is 2. The number of nitrogens with zero attached hydrogens (tertiary/aromatic N) is 2. The summed E-state index contributed by atoms with van der Waals surface area (Å²) in [5.74, 6) is 1.00. The van der Waals surface area contributed by atoms with Gasteiger partial charge in [0.15, 0.2) is 5.69 Å². The molecule has 5 rings (SSSR count). The second kappa shape index (κ2) is 5.95. The molecule has 2 aromatic carbocycles. The molecular weight excluding hydrogens is 324 g/mol. The molecule has 1 aromatic heterocycles. The Morgan fingerprint density at radius 2 is 1.92 bits per heavy atom. The topological polar surface area (TPSA) is 61.0 Å². The SMILES string of the molecule is Cc1ccccc1[C@@H]1[C@H]2CNC[C@H]2CN1C(=O)c1n[nH]c2ccccc12. The predicted octanol–water partition coefficient (Wildman–Crippen LogP) is 2.90. The van der Waals surface area contributed by atoms with E-state index in [-0.39, 0.29) is 11.9 Å². The quantitative estimate of drug-likeness (QED) is 0.750. The van der Waals surface area contributed by atoms with E-state index in [9.17, 15) is 4.79 Å². The molecule has 3 aromatic rings. The van der Waals surface area contributed by atoms with Gasteiger partial charge >= 0.3 is 0 Å². The van der Waals surface area contributed by atoms with Crippen molar-refractivity contribution in [3.8, 4) is 0 Å². The van der Waals surface area contributed by atoms with Crippen LogP contribution in [0.2, 0.25) is 0 Å². The Morgan fingerprint density at radius 1 is 1.12 bits per heavy atom. The van der Waals surface area contributed by atoms with Gasteiger partial charge in [-0.15, -0.1) is 0 Å². The number of hydrogen-bond acceptors (Lipinski definition) is 3. The van der Waals surface area contributed by atoms with E-state index in [2.05, 4.69) is 51.6 Å². The zero-order valence-corrected chi connectivity index (χ0v) is 14.8. The smallest absolute Gasteiger partial charge is 0.275 e. The molecule has 0 unspecified atom stereocenters. The third kappa shape index (κ3) is 2.27. The minimum Gasteiger partial charge on any atom is -0.329 e. The molecule has 0 saturated carbocycles. The first kappa shape index (κ1) is 15.6. The summed E-state index contributed by atoms with van der Waals surface area (Å²) in [5, 5.41) is 11.8. The number of likely N-dealkylation sites (tertiary alicyclic amines) is 1. The van der Waals surface area contributed by atoms with Crippen LogP contribution in [0.25, 0.3) is 10.9 Å². The van der Waals surface area contributed by atoms with Gasteiger partial charge in [0.2, 0.25) is 0 Å². The molecule has 3 atom stereocenters. The van der Waals surface area contributed by atoms with Crippen LogP contribution in [0.15, 0.2) is 48.5 Å². The van der Waals surface area contributed by atoms with Gasteiger partial charge in [0.25, 0.3) is 5.91 Å². The van der Waals surface area contributed by atoms with E-state index in [0.717, 1.165) is 30.5 Å². The van der Waals surface area contributed by atoms with E-state index in [0.29, 0.717) is 17.5 Å². The van der Waals surface area contributed by atoms with Crippen molar-refractivity contribution in [1.29, 1.82) is 0 Å². The molecule has 132 valence electrons. The Bertz CT molecular complexity index is 979. The van der Waals surface area contributed by atoms with Crippen molar-refractivity contribution in [2.24, 2.45) is 11.8 Å². The van der Waals surface area contributed by atoms with Gasteiger partial charge in [-0.2, -0.15) is 5.10 Å².